The smallest absolute Gasteiger partial charge is 0.181 e. The first kappa shape index (κ1) is 18.6. The molecule has 3 aliphatic heterocycles. The minimum absolute atomic E-state index is 0.154. The van der Waals surface area contributed by atoms with Crippen LogP contribution in [-0.4, -0.2) is 65.1 Å². The highest BCUT2D eigenvalue weighted by molar-refractivity contribution is 6.30. The van der Waals surface area contributed by atoms with Crippen LogP contribution in [0.25, 0.3) is 0 Å². The van der Waals surface area contributed by atoms with E-state index in [2.05, 4.69) is 51.9 Å². The molecule has 0 N–H and O–H groups in total. The van der Waals surface area contributed by atoms with Gasteiger partial charge in [0, 0.05) is 44.4 Å². The number of aliphatic imine (C=N–C) groups is 1. The maximum atomic E-state index is 6.04. The number of likely N-dealkylation sites (tertiary alicyclic amines) is 1. The first-order valence-electron chi connectivity index (χ1n) is 10.2. The van der Waals surface area contributed by atoms with Crippen LogP contribution in [0.5, 0.6) is 0 Å². The lowest BCUT2D eigenvalue weighted by Gasteiger charge is -2.38. The van der Waals surface area contributed by atoms with Crippen LogP contribution < -0.4 is 0 Å². The van der Waals surface area contributed by atoms with Crippen molar-refractivity contribution in [1.29, 1.82) is 0 Å². The van der Waals surface area contributed by atoms with Crippen molar-refractivity contribution in [1.82, 2.24) is 19.6 Å². The van der Waals surface area contributed by atoms with Gasteiger partial charge in [0.1, 0.15) is 0 Å². The molecule has 1 fully saturated rings. The molecule has 1 unspecified atom stereocenters. The van der Waals surface area contributed by atoms with E-state index in [1.807, 2.05) is 12.1 Å². The molecule has 0 saturated carbocycles. The monoisotopic (exact) mass is 387 g/mol. The van der Waals surface area contributed by atoms with Gasteiger partial charge in [-0.3, -0.25) is 4.90 Å². The second-order valence-electron chi connectivity index (χ2n) is 7.80. The van der Waals surface area contributed by atoms with Crippen LogP contribution in [0.3, 0.4) is 0 Å². The van der Waals surface area contributed by atoms with Gasteiger partial charge in [-0.25, -0.2) is 4.99 Å². The van der Waals surface area contributed by atoms with E-state index in [0.717, 1.165) is 44.3 Å². The number of hydrogen-bond donors (Lipinski definition) is 0. The Balaban J connectivity index is 1.56. The molecule has 5 nitrogen and oxygen atoms in total. The van der Waals surface area contributed by atoms with Gasteiger partial charge in [-0.15, -0.1) is 0 Å². The molecule has 27 heavy (non-hydrogen) atoms. The van der Waals surface area contributed by atoms with E-state index in [4.69, 9.17) is 16.6 Å². The average molecular weight is 388 g/mol. The van der Waals surface area contributed by atoms with E-state index in [0.29, 0.717) is 0 Å². The van der Waals surface area contributed by atoms with Crippen molar-refractivity contribution in [2.45, 2.75) is 45.4 Å². The van der Waals surface area contributed by atoms with Crippen molar-refractivity contribution >= 4 is 17.4 Å². The average Bonchev–Trinajstić information content (AvgIpc) is 3.02. The van der Waals surface area contributed by atoms with Crippen LogP contribution in [-0.2, 0) is 6.54 Å². The van der Waals surface area contributed by atoms with E-state index in [1.165, 1.54) is 36.4 Å². The number of amidine groups is 1. The molecule has 6 heteroatoms. The number of halogens is 1. The lowest BCUT2D eigenvalue weighted by molar-refractivity contribution is 0.0837. The molecule has 0 spiro atoms. The summed E-state index contributed by atoms with van der Waals surface area (Å²) in [5.41, 5.74) is 2.53. The summed E-state index contributed by atoms with van der Waals surface area (Å²) in [5, 5.41) is 0.790. The van der Waals surface area contributed by atoms with Gasteiger partial charge < -0.3 is 14.7 Å². The Kier molecular flexibility index (Phi) is 5.60. The van der Waals surface area contributed by atoms with E-state index in [1.54, 1.807) is 0 Å². The predicted molar refractivity (Wildman–Crippen MR) is 111 cm³/mol. The van der Waals surface area contributed by atoms with Gasteiger partial charge in [0.2, 0.25) is 0 Å². The zero-order valence-electron chi connectivity index (χ0n) is 16.4. The first-order valence-corrected chi connectivity index (χ1v) is 10.5. The summed E-state index contributed by atoms with van der Waals surface area (Å²) in [4.78, 5) is 14.9. The standard InChI is InChI=1S/C21H30ClN5/c1-3-11-27-16-25(14-17-7-9-18(22)10-8-17)15-19-20(27)23-21(24(19)2)26-12-5-4-6-13-26/h7-10,15,21H,3-6,11-14,16H2,1-2H3. The predicted octanol–water partition coefficient (Wildman–Crippen LogP) is 3.78. The van der Waals surface area contributed by atoms with Crippen LogP contribution in [0, 0.1) is 0 Å². The molecule has 0 aliphatic carbocycles. The van der Waals surface area contributed by atoms with Crippen molar-refractivity contribution in [2.75, 3.05) is 33.4 Å². The summed E-state index contributed by atoms with van der Waals surface area (Å²) in [6.45, 7) is 7.36. The number of likely N-dealkylation sites (N-methyl/N-ethyl adjacent to an activating group) is 1. The zero-order chi connectivity index (χ0) is 18.8. The van der Waals surface area contributed by atoms with Crippen LogP contribution in [0.4, 0.5) is 0 Å². The Hall–Kier alpha value is -1.72. The second kappa shape index (κ2) is 8.11. The normalized spacial score (nSPS) is 23.4. The van der Waals surface area contributed by atoms with Crippen molar-refractivity contribution < 1.29 is 0 Å². The van der Waals surface area contributed by atoms with Gasteiger partial charge in [-0.1, -0.05) is 37.1 Å². The highest BCUT2D eigenvalue weighted by Gasteiger charge is 2.37. The first-order chi connectivity index (χ1) is 13.2. The molecule has 1 atom stereocenters. The fourth-order valence-electron chi connectivity index (χ4n) is 4.28. The molecule has 3 aliphatic rings. The second-order valence-corrected chi connectivity index (χ2v) is 8.24. The van der Waals surface area contributed by atoms with E-state index in [-0.39, 0.29) is 6.29 Å². The Morgan fingerprint density at radius 2 is 1.85 bits per heavy atom. The van der Waals surface area contributed by atoms with Crippen LogP contribution in [0.15, 0.2) is 41.2 Å². The van der Waals surface area contributed by atoms with E-state index < -0.39 is 0 Å². The molecular weight excluding hydrogens is 358 g/mol. The molecular formula is C21H30ClN5. The summed E-state index contributed by atoms with van der Waals surface area (Å²) in [7, 11) is 2.19. The molecule has 0 radical (unpaired) electrons. The number of fused-ring (bicyclic) bond motifs is 1. The molecule has 4 rings (SSSR count). The number of hydrogen-bond acceptors (Lipinski definition) is 5. The summed E-state index contributed by atoms with van der Waals surface area (Å²) in [6.07, 6.45) is 7.50. The highest BCUT2D eigenvalue weighted by Crippen LogP contribution is 2.29. The summed E-state index contributed by atoms with van der Waals surface area (Å²) >= 11 is 6.04. The lowest BCUT2D eigenvalue weighted by atomic mass is 10.1. The molecule has 1 saturated heterocycles. The molecule has 1 aromatic carbocycles. The minimum atomic E-state index is 0.154. The Morgan fingerprint density at radius 3 is 2.56 bits per heavy atom. The molecule has 146 valence electrons. The van der Waals surface area contributed by atoms with Crippen LogP contribution >= 0.6 is 11.6 Å². The Bertz CT molecular complexity index is 708. The number of benzene rings is 1. The molecule has 0 amide bonds. The largest absolute Gasteiger partial charge is 0.354 e. The van der Waals surface area contributed by atoms with E-state index >= 15 is 0 Å². The summed E-state index contributed by atoms with van der Waals surface area (Å²) < 4.78 is 0. The van der Waals surface area contributed by atoms with Crippen LogP contribution in [0.1, 0.15) is 38.2 Å². The fourth-order valence-corrected chi connectivity index (χ4v) is 4.41. The number of nitrogens with zero attached hydrogens (tertiary/aromatic N) is 5. The van der Waals surface area contributed by atoms with E-state index in [9.17, 15) is 0 Å². The SMILES string of the molecule is CCCN1CN(Cc2ccc(Cl)cc2)C=C2C1=NC(N1CCCCC1)N2C. The maximum absolute atomic E-state index is 6.04. The van der Waals surface area contributed by atoms with Crippen molar-refractivity contribution in [2.24, 2.45) is 4.99 Å². The van der Waals surface area contributed by atoms with Gasteiger partial charge in [0.25, 0.3) is 0 Å². The Morgan fingerprint density at radius 1 is 1.11 bits per heavy atom. The molecule has 1 aromatic rings. The highest BCUT2D eigenvalue weighted by atomic mass is 35.5. The summed E-state index contributed by atoms with van der Waals surface area (Å²) in [6, 6.07) is 8.17. The van der Waals surface area contributed by atoms with Gasteiger partial charge in [-0.05, 0) is 37.0 Å². The molecule has 3 heterocycles. The van der Waals surface area contributed by atoms with Crippen LogP contribution in [0.2, 0.25) is 5.02 Å². The number of rotatable bonds is 5. The minimum Gasteiger partial charge on any atom is -0.354 e. The lowest BCUT2D eigenvalue weighted by Crippen LogP contribution is -2.47. The Labute approximate surface area is 167 Å². The van der Waals surface area contributed by atoms with Gasteiger partial charge in [0.15, 0.2) is 12.1 Å². The third-order valence-electron chi connectivity index (χ3n) is 5.66. The maximum Gasteiger partial charge on any atom is 0.181 e. The van der Waals surface area contributed by atoms with Gasteiger partial charge >= 0.3 is 0 Å². The molecule has 0 bridgehead atoms. The third-order valence-corrected chi connectivity index (χ3v) is 5.91. The zero-order valence-corrected chi connectivity index (χ0v) is 17.2. The van der Waals surface area contributed by atoms with Gasteiger partial charge in [0.05, 0.1) is 12.4 Å². The third kappa shape index (κ3) is 3.94. The summed E-state index contributed by atoms with van der Waals surface area (Å²) in [5.74, 6) is 1.17. The quantitative estimate of drug-likeness (QED) is 0.767. The number of piperidine rings is 1. The molecule has 0 aromatic heterocycles. The van der Waals surface area contributed by atoms with Crippen molar-refractivity contribution in [3.8, 4) is 0 Å². The van der Waals surface area contributed by atoms with Gasteiger partial charge in [-0.2, -0.15) is 0 Å². The topological polar surface area (TPSA) is 25.3 Å². The fraction of sp³-hybridized carbons (Fsp3) is 0.571. The van der Waals surface area contributed by atoms with Crippen molar-refractivity contribution in [3.63, 3.8) is 0 Å². The van der Waals surface area contributed by atoms with Crippen molar-refractivity contribution in [3.05, 3.63) is 46.7 Å².